The number of carbonyl (C=O) groups excluding carboxylic acids is 3. The predicted octanol–water partition coefficient (Wildman–Crippen LogP) is 7.00. The highest BCUT2D eigenvalue weighted by Crippen LogP contribution is 2.47. The molecule has 0 saturated carbocycles. The van der Waals surface area contributed by atoms with Crippen molar-refractivity contribution in [3.63, 3.8) is 0 Å². The average Bonchev–Trinajstić information content (AvgIpc) is 3.06. The molecule has 0 aromatic heterocycles. The van der Waals surface area contributed by atoms with Crippen LogP contribution in [-0.2, 0) is 14.3 Å². The normalized spacial score (nSPS) is 16.9. The minimum absolute atomic E-state index is 0.0322. The Morgan fingerprint density at radius 3 is 2.27 bits per heavy atom. The summed E-state index contributed by atoms with van der Waals surface area (Å²) in [6, 6.07) is 13.8. The second-order valence-corrected chi connectivity index (χ2v) is 12.0. The van der Waals surface area contributed by atoms with Crippen molar-refractivity contribution in [2.45, 2.75) is 76.9 Å². The zero-order valence-electron chi connectivity index (χ0n) is 28.2. The fraction of sp³-hybridized carbons (Fsp3) is 0.395. The molecule has 3 aromatic rings. The van der Waals surface area contributed by atoms with Gasteiger partial charge in [-0.1, -0.05) is 42.5 Å². The molecule has 0 aliphatic carbocycles. The van der Waals surface area contributed by atoms with Crippen LogP contribution in [0.5, 0.6) is 28.7 Å². The maximum atomic E-state index is 13.7. The molecular formula is C38H45NO9. The standard InChI is InChI=1S/C38H45NO9/c1-23-13-12-18-28(40)17-11-7-10-16-26-19-30(41)35(36(43)34(26)38(44)48-23)29(22-33(42)39-24(2)25-14-8-6-9-15-25)27-20-31(45-3)37(47-5)32(21-27)46-4/h6,8-10,14-16,19-21,23-24,29,41,43H,7,11-13,17-18,22H2,1-5H3,(H,39,42). The number of allylic oxidation sites excluding steroid dienone is 1. The molecule has 4 rings (SSSR count). The quantitative estimate of drug-likeness (QED) is 0.207. The lowest BCUT2D eigenvalue weighted by Gasteiger charge is -2.25. The van der Waals surface area contributed by atoms with E-state index in [0.717, 1.165) is 5.56 Å². The van der Waals surface area contributed by atoms with Crippen molar-refractivity contribution >= 4 is 23.7 Å². The number of aromatic hydroxyl groups is 2. The molecule has 0 radical (unpaired) electrons. The first-order valence-corrected chi connectivity index (χ1v) is 16.2. The van der Waals surface area contributed by atoms with Crippen LogP contribution in [-0.4, -0.2) is 55.3 Å². The minimum atomic E-state index is -0.972. The fourth-order valence-electron chi connectivity index (χ4n) is 6.02. The summed E-state index contributed by atoms with van der Waals surface area (Å²) in [7, 11) is 4.40. The highest BCUT2D eigenvalue weighted by Gasteiger charge is 2.32. The van der Waals surface area contributed by atoms with Crippen molar-refractivity contribution < 1.29 is 43.5 Å². The van der Waals surface area contributed by atoms with Crippen LogP contribution in [0.15, 0.2) is 54.6 Å². The largest absolute Gasteiger partial charge is 0.507 e. The molecule has 1 aliphatic rings. The number of phenols is 2. The Hall–Kier alpha value is -4.99. The first-order chi connectivity index (χ1) is 23.1. The zero-order valence-corrected chi connectivity index (χ0v) is 28.2. The Kier molecular flexibility index (Phi) is 12.5. The summed E-state index contributed by atoms with van der Waals surface area (Å²) in [5.41, 5.74) is 1.45. The van der Waals surface area contributed by atoms with Gasteiger partial charge in [0.1, 0.15) is 22.8 Å². The number of methoxy groups -OCH3 is 3. The van der Waals surface area contributed by atoms with Gasteiger partial charge in [-0.25, -0.2) is 4.79 Å². The van der Waals surface area contributed by atoms with Crippen molar-refractivity contribution in [2.24, 2.45) is 0 Å². The Morgan fingerprint density at radius 1 is 0.958 bits per heavy atom. The number of benzene rings is 3. The topological polar surface area (TPSA) is 141 Å². The van der Waals surface area contributed by atoms with Gasteiger partial charge in [0.25, 0.3) is 0 Å². The minimum Gasteiger partial charge on any atom is -0.507 e. The molecule has 48 heavy (non-hydrogen) atoms. The van der Waals surface area contributed by atoms with Crippen molar-refractivity contribution in [3.05, 3.63) is 82.4 Å². The summed E-state index contributed by atoms with van der Waals surface area (Å²) in [5.74, 6) is -1.84. The lowest BCUT2D eigenvalue weighted by molar-refractivity contribution is -0.122. The number of cyclic esters (lactones) is 1. The van der Waals surface area contributed by atoms with Gasteiger partial charge in [-0.15, -0.1) is 0 Å². The van der Waals surface area contributed by atoms with Crippen molar-refractivity contribution in [1.82, 2.24) is 5.32 Å². The van der Waals surface area contributed by atoms with Gasteiger partial charge in [-0.05, 0) is 74.4 Å². The van der Waals surface area contributed by atoms with Gasteiger partial charge in [0.05, 0.1) is 33.5 Å². The molecule has 3 N–H and O–H groups in total. The summed E-state index contributed by atoms with van der Waals surface area (Å²) < 4.78 is 22.4. The second kappa shape index (κ2) is 16.7. The zero-order chi connectivity index (χ0) is 34.8. The molecule has 10 nitrogen and oxygen atoms in total. The number of rotatable bonds is 9. The van der Waals surface area contributed by atoms with Crippen LogP contribution in [0.25, 0.3) is 6.08 Å². The van der Waals surface area contributed by atoms with Crippen molar-refractivity contribution in [1.29, 1.82) is 0 Å². The van der Waals surface area contributed by atoms with E-state index in [1.165, 1.54) is 27.4 Å². The molecule has 3 unspecified atom stereocenters. The average molecular weight is 660 g/mol. The highest BCUT2D eigenvalue weighted by atomic mass is 16.5. The molecule has 0 spiro atoms. The molecule has 256 valence electrons. The van der Waals surface area contributed by atoms with Gasteiger partial charge in [0, 0.05) is 30.7 Å². The van der Waals surface area contributed by atoms with Gasteiger partial charge in [0.15, 0.2) is 11.5 Å². The summed E-state index contributed by atoms with van der Waals surface area (Å²) >= 11 is 0. The molecule has 1 heterocycles. The second-order valence-electron chi connectivity index (χ2n) is 12.0. The Labute approximate surface area is 281 Å². The van der Waals surface area contributed by atoms with Crippen LogP contribution >= 0.6 is 0 Å². The Morgan fingerprint density at radius 2 is 1.62 bits per heavy atom. The number of amides is 1. The van der Waals surface area contributed by atoms with Crippen LogP contribution in [0.4, 0.5) is 0 Å². The number of esters is 1. The van der Waals surface area contributed by atoms with E-state index in [9.17, 15) is 24.6 Å². The number of ether oxygens (including phenoxy) is 4. The molecule has 0 fully saturated rings. The smallest absolute Gasteiger partial charge is 0.342 e. The molecule has 3 aromatic carbocycles. The van der Waals surface area contributed by atoms with E-state index in [0.29, 0.717) is 61.3 Å². The molecule has 0 saturated heterocycles. The predicted molar refractivity (Wildman–Crippen MR) is 182 cm³/mol. The Balaban J connectivity index is 1.86. The summed E-state index contributed by atoms with van der Waals surface area (Å²) in [4.78, 5) is 39.6. The molecule has 1 amide bonds. The van der Waals surface area contributed by atoms with E-state index in [1.807, 2.05) is 37.3 Å². The number of carbonyl (C=O) groups is 3. The lowest BCUT2D eigenvalue weighted by Crippen LogP contribution is -2.28. The third kappa shape index (κ3) is 8.67. The lowest BCUT2D eigenvalue weighted by atomic mass is 9.84. The molecule has 3 atom stereocenters. The van der Waals surface area contributed by atoms with Crippen LogP contribution in [0.1, 0.15) is 103 Å². The number of phenolic OH excluding ortho intramolecular Hbond substituents is 2. The monoisotopic (exact) mass is 659 g/mol. The summed E-state index contributed by atoms with van der Waals surface area (Å²) in [5, 5.41) is 26.5. The van der Waals surface area contributed by atoms with E-state index in [1.54, 1.807) is 31.2 Å². The third-order valence-corrected chi connectivity index (χ3v) is 8.56. The Bertz CT molecular complexity index is 1610. The van der Waals surface area contributed by atoms with E-state index in [2.05, 4.69) is 5.32 Å². The van der Waals surface area contributed by atoms with Crippen molar-refractivity contribution in [3.8, 4) is 28.7 Å². The van der Waals surface area contributed by atoms with Crippen LogP contribution in [0, 0.1) is 0 Å². The first kappa shape index (κ1) is 35.9. The number of Topliss-reactive ketones (excluding diaryl/α,β-unsaturated/α-hetero) is 1. The molecule has 0 bridgehead atoms. The maximum Gasteiger partial charge on any atom is 0.342 e. The van der Waals surface area contributed by atoms with E-state index in [4.69, 9.17) is 18.9 Å². The van der Waals surface area contributed by atoms with Gasteiger partial charge in [0.2, 0.25) is 11.7 Å². The van der Waals surface area contributed by atoms with Crippen molar-refractivity contribution in [2.75, 3.05) is 21.3 Å². The SMILES string of the molecule is COc1cc(C(CC(=O)NC(C)c2ccccc2)c2c(O)cc3c(c2O)C(=O)OC(C)CCCC(=O)CCCC=C3)cc(OC)c1OC. The fourth-order valence-corrected chi connectivity index (χ4v) is 6.02. The number of hydrogen-bond donors (Lipinski definition) is 3. The van der Waals surface area contributed by atoms with Gasteiger partial charge in [-0.2, -0.15) is 0 Å². The van der Waals surface area contributed by atoms with Gasteiger partial charge < -0.3 is 34.5 Å². The number of ketones is 1. The summed E-state index contributed by atoms with van der Waals surface area (Å²) in [6.07, 6.45) is 5.78. The van der Waals surface area contributed by atoms with Crippen LogP contribution in [0.2, 0.25) is 0 Å². The maximum absolute atomic E-state index is 13.7. The van der Waals surface area contributed by atoms with E-state index in [-0.39, 0.29) is 46.6 Å². The van der Waals surface area contributed by atoms with Crippen LogP contribution < -0.4 is 19.5 Å². The van der Waals surface area contributed by atoms with Crippen LogP contribution in [0.3, 0.4) is 0 Å². The molecule has 1 aliphatic heterocycles. The highest BCUT2D eigenvalue weighted by molar-refractivity contribution is 5.98. The third-order valence-electron chi connectivity index (χ3n) is 8.56. The first-order valence-electron chi connectivity index (χ1n) is 16.2. The number of hydrogen-bond acceptors (Lipinski definition) is 9. The van der Waals surface area contributed by atoms with Gasteiger partial charge >= 0.3 is 5.97 Å². The van der Waals surface area contributed by atoms with Gasteiger partial charge in [-0.3, -0.25) is 9.59 Å². The van der Waals surface area contributed by atoms with E-state index >= 15 is 0 Å². The van der Waals surface area contributed by atoms with E-state index < -0.39 is 23.7 Å². The molecule has 10 heteroatoms. The number of nitrogens with one attached hydrogen (secondary N) is 1. The number of fused-ring (bicyclic) bond motifs is 1. The summed E-state index contributed by atoms with van der Waals surface area (Å²) in [6.45, 7) is 3.60. The molecular weight excluding hydrogens is 614 g/mol.